The molecule has 0 aromatic heterocycles. The fourth-order valence-electron chi connectivity index (χ4n) is 3.16. The summed E-state index contributed by atoms with van der Waals surface area (Å²) in [6.45, 7) is 5.67. The van der Waals surface area contributed by atoms with Crippen molar-refractivity contribution in [2.45, 2.75) is 19.6 Å². The highest BCUT2D eigenvalue weighted by Gasteiger charge is 2.27. The highest BCUT2D eigenvalue weighted by atomic mass is 19.1. The zero-order valence-corrected chi connectivity index (χ0v) is 14.4. The molecule has 1 aliphatic rings. The van der Waals surface area contributed by atoms with Gasteiger partial charge in [-0.2, -0.15) is 0 Å². The lowest BCUT2D eigenvalue weighted by Crippen LogP contribution is -2.49. The first-order valence-electron chi connectivity index (χ1n) is 8.53. The van der Waals surface area contributed by atoms with Crippen molar-refractivity contribution in [1.82, 2.24) is 9.80 Å². The number of carbonyl (C=O) groups excluding carboxylic acids is 1. The molecule has 1 N–H and O–H groups in total. The molecular formula is C20H23FN2O2. The summed E-state index contributed by atoms with van der Waals surface area (Å²) in [4.78, 5) is 16.4. The van der Waals surface area contributed by atoms with Crippen molar-refractivity contribution in [3.05, 3.63) is 71.0 Å². The lowest BCUT2D eigenvalue weighted by Gasteiger charge is -2.35. The minimum atomic E-state index is -1.23. The molecule has 2 aromatic rings. The normalized spacial score (nSPS) is 16.7. The van der Waals surface area contributed by atoms with Crippen LogP contribution in [-0.2, 0) is 11.3 Å². The number of carbonyl (C=O) groups is 1. The Morgan fingerprint density at radius 3 is 2.44 bits per heavy atom. The Balaban J connectivity index is 1.54. The summed E-state index contributed by atoms with van der Waals surface area (Å²) in [5, 5.41) is 10.2. The predicted molar refractivity (Wildman–Crippen MR) is 94.4 cm³/mol. The smallest absolute Gasteiger partial charge is 0.256 e. The van der Waals surface area contributed by atoms with E-state index in [0.29, 0.717) is 18.7 Å². The molecule has 0 spiro atoms. The van der Waals surface area contributed by atoms with Crippen LogP contribution in [-0.4, -0.2) is 47.0 Å². The number of hydrogen-bond donors (Lipinski definition) is 1. The van der Waals surface area contributed by atoms with Crippen LogP contribution < -0.4 is 0 Å². The summed E-state index contributed by atoms with van der Waals surface area (Å²) < 4.78 is 13.0. The van der Waals surface area contributed by atoms with Crippen molar-refractivity contribution in [2.24, 2.45) is 0 Å². The standard InChI is InChI=1S/C20H23FN2O2/c1-15-3-2-4-16(13-15)14-22-9-11-23(12-10-22)20(25)19(24)17-5-7-18(21)8-6-17/h2-8,13,19,24H,9-12,14H2,1H3/t19-/m1/s1. The fourth-order valence-corrected chi connectivity index (χ4v) is 3.16. The molecule has 0 bridgehead atoms. The molecule has 1 saturated heterocycles. The number of benzene rings is 2. The Bertz CT molecular complexity index is 725. The van der Waals surface area contributed by atoms with Crippen LogP contribution >= 0.6 is 0 Å². The van der Waals surface area contributed by atoms with Gasteiger partial charge in [-0.25, -0.2) is 4.39 Å². The SMILES string of the molecule is Cc1cccc(CN2CCN(C(=O)[C@H](O)c3ccc(F)cc3)CC2)c1. The van der Waals surface area contributed by atoms with Crippen LogP contribution in [0, 0.1) is 12.7 Å². The van der Waals surface area contributed by atoms with E-state index in [4.69, 9.17) is 0 Å². The minimum Gasteiger partial charge on any atom is -0.378 e. The molecule has 1 atom stereocenters. The van der Waals surface area contributed by atoms with Crippen LogP contribution in [0.15, 0.2) is 48.5 Å². The van der Waals surface area contributed by atoms with Gasteiger partial charge in [-0.15, -0.1) is 0 Å². The minimum absolute atomic E-state index is 0.318. The summed E-state index contributed by atoms with van der Waals surface area (Å²) in [5.74, 6) is -0.699. The average molecular weight is 342 g/mol. The number of piperazine rings is 1. The van der Waals surface area contributed by atoms with Gasteiger partial charge in [0.1, 0.15) is 5.82 Å². The number of amides is 1. The maximum atomic E-state index is 13.0. The van der Waals surface area contributed by atoms with Crippen molar-refractivity contribution >= 4 is 5.91 Å². The first-order chi connectivity index (χ1) is 12.0. The van der Waals surface area contributed by atoms with Gasteiger partial charge in [0.2, 0.25) is 0 Å². The molecule has 0 unspecified atom stereocenters. The van der Waals surface area contributed by atoms with Crippen LogP contribution in [0.4, 0.5) is 4.39 Å². The monoisotopic (exact) mass is 342 g/mol. The van der Waals surface area contributed by atoms with Gasteiger partial charge in [-0.3, -0.25) is 9.69 Å². The quantitative estimate of drug-likeness (QED) is 0.928. The zero-order chi connectivity index (χ0) is 17.8. The number of rotatable bonds is 4. The molecule has 1 amide bonds. The van der Waals surface area contributed by atoms with Crippen molar-refractivity contribution in [3.8, 4) is 0 Å². The summed E-state index contributed by atoms with van der Waals surface area (Å²) >= 11 is 0. The van der Waals surface area contributed by atoms with E-state index >= 15 is 0 Å². The van der Waals surface area contributed by atoms with E-state index in [9.17, 15) is 14.3 Å². The average Bonchev–Trinajstić information content (AvgIpc) is 2.62. The van der Waals surface area contributed by atoms with E-state index in [1.54, 1.807) is 4.90 Å². The Labute approximate surface area is 147 Å². The lowest BCUT2D eigenvalue weighted by atomic mass is 10.1. The first-order valence-corrected chi connectivity index (χ1v) is 8.53. The lowest BCUT2D eigenvalue weighted by molar-refractivity contribution is -0.142. The van der Waals surface area contributed by atoms with Crippen molar-refractivity contribution in [3.63, 3.8) is 0 Å². The van der Waals surface area contributed by atoms with Gasteiger partial charge in [-0.1, -0.05) is 42.0 Å². The molecule has 0 radical (unpaired) electrons. The number of halogens is 1. The van der Waals surface area contributed by atoms with Crippen molar-refractivity contribution in [1.29, 1.82) is 0 Å². The van der Waals surface area contributed by atoms with Gasteiger partial charge in [0.15, 0.2) is 6.10 Å². The number of aliphatic hydroxyl groups excluding tert-OH is 1. The maximum absolute atomic E-state index is 13.0. The van der Waals surface area contributed by atoms with Gasteiger partial charge in [0, 0.05) is 32.7 Å². The molecule has 0 aliphatic carbocycles. The number of aliphatic hydroxyl groups is 1. The third-order valence-corrected chi connectivity index (χ3v) is 4.59. The predicted octanol–water partition coefficient (Wildman–Crippen LogP) is 2.51. The second-order valence-electron chi connectivity index (χ2n) is 6.54. The highest BCUT2D eigenvalue weighted by molar-refractivity contribution is 5.82. The Morgan fingerprint density at radius 2 is 1.80 bits per heavy atom. The number of nitrogens with zero attached hydrogens (tertiary/aromatic N) is 2. The van der Waals surface area contributed by atoms with Crippen LogP contribution in [0.3, 0.4) is 0 Å². The zero-order valence-electron chi connectivity index (χ0n) is 14.4. The Hall–Kier alpha value is -2.24. The third kappa shape index (κ3) is 4.44. The van der Waals surface area contributed by atoms with E-state index in [-0.39, 0.29) is 11.7 Å². The van der Waals surface area contributed by atoms with E-state index in [0.717, 1.165) is 19.6 Å². The molecule has 0 saturated carbocycles. The van der Waals surface area contributed by atoms with E-state index in [2.05, 4.69) is 36.1 Å². The molecule has 4 nitrogen and oxygen atoms in total. The molecule has 1 heterocycles. The molecule has 132 valence electrons. The van der Waals surface area contributed by atoms with Gasteiger partial charge in [-0.05, 0) is 30.2 Å². The van der Waals surface area contributed by atoms with E-state index in [1.807, 2.05) is 0 Å². The topological polar surface area (TPSA) is 43.8 Å². The molecule has 2 aromatic carbocycles. The number of aryl methyl sites for hydroxylation is 1. The van der Waals surface area contributed by atoms with Crippen molar-refractivity contribution in [2.75, 3.05) is 26.2 Å². The van der Waals surface area contributed by atoms with E-state index < -0.39 is 6.10 Å². The van der Waals surface area contributed by atoms with Crippen LogP contribution in [0.1, 0.15) is 22.8 Å². The molecule has 25 heavy (non-hydrogen) atoms. The van der Waals surface area contributed by atoms with Crippen LogP contribution in [0.25, 0.3) is 0 Å². The van der Waals surface area contributed by atoms with Crippen molar-refractivity contribution < 1.29 is 14.3 Å². The van der Waals surface area contributed by atoms with Crippen LogP contribution in [0.5, 0.6) is 0 Å². The molecule has 3 rings (SSSR count). The second-order valence-corrected chi connectivity index (χ2v) is 6.54. The van der Waals surface area contributed by atoms with Gasteiger partial charge in [0.25, 0.3) is 5.91 Å². The number of hydrogen-bond acceptors (Lipinski definition) is 3. The first kappa shape index (κ1) is 17.6. The van der Waals surface area contributed by atoms with Crippen LogP contribution in [0.2, 0.25) is 0 Å². The highest BCUT2D eigenvalue weighted by Crippen LogP contribution is 2.18. The second kappa shape index (κ2) is 7.76. The third-order valence-electron chi connectivity index (χ3n) is 4.59. The molecule has 1 fully saturated rings. The summed E-state index contributed by atoms with van der Waals surface area (Å²) in [6, 6.07) is 13.8. The molecule has 5 heteroatoms. The van der Waals surface area contributed by atoms with Gasteiger partial charge < -0.3 is 10.0 Å². The summed E-state index contributed by atoms with van der Waals surface area (Å²) in [5.41, 5.74) is 2.94. The Kier molecular flexibility index (Phi) is 5.46. The van der Waals surface area contributed by atoms with Gasteiger partial charge >= 0.3 is 0 Å². The fraction of sp³-hybridized carbons (Fsp3) is 0.350. The maximum Gasteiger partial charge on any atom is 0.256 e. The Morgan fingerprint density at radius 1 is 1.12 bits per heavy atom. The largest absolute Gasteiger partial charge is 0.378 e. The summed E-state index contributed by atoms with van der Waals surface area (Å²) in [6.07, 6.45) is -1.23. The molecular weight excluding hydrogens is 319 g/mol. The van der Waals surface area contributed by atoms with E-state index in [1.165, 1.54) is 35.4 Å². The molecule has 1 aliphatic heterocycles. The summed E-state index contributed by atoms with van der Waals surface area (Å²) in [7, 11) is 0. The van der Waals surface area contributed by atoms with Gasteiger partial charge in [0.05, 0.1) is 0 Å².